The van der Waals surface area contributed by atoms with Crippen molar-refractivity contribution in [1.82, 2.24) is 10.2 Å². The molecule has 4 bridgehead atoms. The number of amides is 1. The lowest BCUT2D eigenvalue weighted by molar-refractivity contribution is -0.119. The summed E-state index contributed by atoms with van der Waals surface area (Å²) in [6.45, 7) is 4.10. The Kier molecular flexibility index (Phi) is 3.94. The lowest BCUT2D eigenvalue weighted by atomic mass is 9.50. The van der Waals surface area contributed by atoms with Crippen molar-refractivity contribution in [1.29, 1.82) is 0 Å². The molecule has 1 N–H and O–H groups in total. The van der Waals surface area contributed by atoms with E-state index in [2.05, 4.69) is 22.4 Å². The van der Waals surface area contributed by atoms with Crippen LogP contribution in [0.3, 0.4) is 0 Å². The van der Waals surface area contributed by atoms with Gasteiger partial charge in [-0.15, -0.1) is 10.2 Å². The number of rotatable bonds is 5. The number of nitrogens with one attached hydrogen (secondary N) is 1. The Morgan fingerprint density at radius 1 is 1.22 bits per heavy atom. The zero-order chi connectivity index (χ0) is 16.0. The fraction of sp³-hybridized carbons (Fsp3) is 0.833. The predicted octanol–water partition coefficient (Wildman–Crippen LogP) is 4.38. The normalized spacial score (nSPS) is 36.2. The van der Waals surface area contributed by atoms with Crippen molar-refractivity contribution in [3.63, 3.8) is 0 Å². The minimum Gasteiger partial charge on any atom is -0.300 e. The number of hydrogen-bond donors (Lipinski definition) is 1. The summed E-state index contributed by atoms with van der Waals surface area (Å²) in [4.78, 5) is 12.2. The number of carbonyl (C=O) groups is 1. The van der Waals surface area contributed by atoms with Crippen LogP contribution in [0.4, 0.5) is 5.13 Å². The van der Waals surface area contributed by atoms with Crippen LogP contribution in [-0.4, -0.2) is 16.1 Å². The highest BCUT2D eigenvalue weighted by molar-refractivity contribution is 7.15. The highest BCUT2D eigenvalue weighted by atomic mass is 32.1. The quantitative estimate of drug-likeness (QED) is 0.870. The van der Waals surface area contributed by atoms with Crippen molar-refractivity contribution >= 4 is 22.4 Å². The third kappa shape index (κ3) is 2.81. The molecule has 4 aliphatic rings. The first-order valence-electron chi connectivity index (χ1n) is 9.23. The molecule has 5 heteroatoms. The van der Waals surface area contributed by atoms with E-state index in [1.54, 1.807) is 11.3 Å². The van der Waals surface area contributed by atoms with E-state index in [1.165, 1.54) is 43.5 Å². The fourth-order valence-corrected chi connectivity index (χ4v) is 6.62. The lowest BCUT2D eigenvalue weighted by Crippen LogP contribution is -2.48. The first kappa shape index (κ1) is 15.6. The first-order valence-corrected chi connectivity index (χ1v) is 10.0. The van der Waals surface area contributed by atoms with Crippen LogP contribution in [0.1, 0.15) is 70.2 Å². The first-order chi connectivity index (χ1) is 11.1. The van der Waals surface area contributed by atoms with E-state index in [0.29, 0.717) is 5.13 Å². The van der Waals surface area contributed by atoms with E-state index >= 15 is 0 Å². The second-order valence-corrected chi connectivity index (χ2v) is 9.27. The highest BCUT2D eigenvalue weighted by Gasteiger charge is 2.53. The molecule has 1 unspecified atom stereocenters. The molecule has 0 radical (unpaired) electrons. The van der Waals surface area contributed by atoms with Gasteiger partial charge in [-0.25, -0.2) is 0 Å². The summed E-state index contributed by atoms with van der Waals surface area (Å²) in [6, 6.07) is 0. The van der Waals surface area contributed by atoms with Crippen LogP contribution >= 0.6 is 11.3 Å². The van der Waals surface area contributed by atoms with Crippen LogP contribution < -0.4 is 5.32 Å². The third-order valence-corrected chi connectivity index (χ3v) is 7.40. The van der Waals surface area contributed by atoms with Gasteiger partial charge in [0.2, 0.25) is 11.0 Å². The van der Waals surface area contributed by atoms with Crippen molar-refractivity contribution in [2.45, 2.75) is 70.6 Å². The number of nitrogens with zero attached hydrogens (tertiary/aromatic N) is 2. The van der Waals surface area contributed by atoms with Crippen LogP contribution in [0.2, 0.25) is 0 Å². The number of anilines is 1. The molecule has 4 fully saturated rings. The molecule has 0 aromatic carbocycles. The molecule has 0 aliphatic heterocycles. The smallest absolute Gasteiger partial charge is 0.229 e. The predicted molar refractivity (Wildman–Crippen MR) is 92.5 cm³/mol. The van der Waals surface area contributed by atoms with E-state index < -0.39 is 0 Å². The molecular weight excluding hydrogens is 306 g/mol. The molecule has 0 spiro atoms. The van der Waals surface area contributed by atoms with Crippen LogP contribution in [0.5, 0.6) is 0 Å². The maximum atomic E-state index is 12.2. The molecule has 23 heavy (non-hydrogen) atoms. The number of hydrogen-bond acceptors (Lipinski definition) is 4. The summed E-state index contributed by atoms with van der Waals surface area (Å²) in [5.41, 5.74) is 0.282. The minimum atomic E-state index is 0.0481. The topological polar surface area (TPSA) is 54.9 Å². The summed E-state index contributed by atoms with van der Waals surface area (Å²) in [7, 11) is 0. The largest absolute Gasteiger partial charge is 0.300 e. The van der Waals surface area contributed by atoms with Gasteiger partial charge in [-0.1, -0.05) is 31.6 Å². The van der Waals surface area contributed by atoms with E-state index in [4.69, 9.17) is 0 Å². The summed E-state index contributed by atoms with van der Waals surface area (Å²) < 4.78 is 0. The van der Waals surface area contributed by atoms with E-state index in [1.807, 2.05) is 6.92 Å². The zero-order valence-electron chi connectivity index (χ0n) is 14.2. The van der Waals surface area contributed by atoms with Crippen molar-refractivity contribution < 1.29 is 4.79 Å². The van der Waals surface area contributed by atoms with Crippen molar-refractivity contribution in [2.24, 2.45) is 23.7 Å². The van der Waals surface area contributed by atoms with Crippen LogP contribution in [0.15, 0.2) is 0 Å². The molecule has 0 saturated heterocycles. The lowest BCUT2D eigenvalue weighted by Gasteiger charge is -2.55. The highest BCUT2D eigenvalue weighted by Crippen LogP contribution is 2.61. The number of aromatic nitrogens is 2. The molecule has 4 saturated carbocycles. The molecule has 4 aliphatic carbocycles. The maximum Gasteiger partial charge on any atom is 0.229 e. The van der Waals surface area contributed by atoms with Gasteiger partial charge < -0.3 is 5.32 Å². The summed E-state index contributed by atoms with van der Waals surface area (Å²) in [6.07, 6.45) is 10.2. The minimum absolute atomic E-state index is 0.0481. The van der Waals surface area contributed by atoms with Crippen molar-refractivity contribution in [2.75, 3.05) is 5.32 Å². The average molecular weight is 334 g/mol. The van der Waals surface area contributed by atoms with Gasteiger partial charge in [-0.05, 0) is 62.7 Å². The fourth-order valence-electron chi connectivity index (χ4n) is 5.65. The summed E-state index contributed by atoms with van der Waals surface area (Å²) >= 11 is 1.63. The van der Waals surface area contributed by atoms with Crippen LogP contribution in [-0.2, 0) is 10.2 Å². The molecule has 126 valence electrons. The standard InChI is InChI=1S/C18H27N3OS/c1-3-4-11(2)15(22)19-17-21-20-16(23-17)18-8-12-5-13(9-18)7-14(6-12)10-18/h11-14H,3-10H2,1-2H3,(H,19,21,22). The maximum absolute atomic E-state index is 12.2. The molecule has 1 aromatic heterocycles. The van der Waals surface area contributed by atoms with Crippen molar-refractivity contribution in [3.8, 4) is 0 Å². The molecule has 1 aromatic rings. The zero-order valence-corrected chi connectivity index (χ0v) is 15.0. The van der Waals surface area contributed by atoms with Gasteiger partial charge in [-0.2, -0.15) is 0 Å². The van der Waals surface area contributed by atoms with Gasteiger partial charge in [-0.3, -0.25) is 4.79 Å². The summed E-state index contributed by atoms with van der Waals surface area (Å²) in [5.74, 6) is 2.86. The van der Waals surface area contributed by atoms with Gasteiger partial charge >= 0.3 is 0 Å². The second-order valence-electron chi connectivity index (χ2n) is 8.29. The van der Waals surface area contributed by atoms with E-state index in [9.17, 15) is 4.79 Å². The SMILES string of the molecule is CCCC(C)C(=O)Nc1nnc(C23CC4CC(CC(C4)C2)C3)s1. The van der Waals surface area contributed by atoms with Gasteiger partial charge in [0.1, 0.15) is 5.01 Å². The monoisotopic (exact) mass is 333 g/mol. The Labute approximate surface area is 142 Å². The third-order valence-electron chi connectivity index (χ3n) is 6.32. The Balaban J connectivity index is 1.49. The molecule has 5 rings (SSSR count). The molecule has 1 amide bonds. The van der Waals surface area contributed by atoms with Gasteiger partial charge in [0, 0.05) is 11.3 Å². The van der Waals surface area contributed by atoms with Gasteiger partial charge in [0.05, 0.1) is 0 Å². The summed E-state index contributed by atoms with van der Waals surface area (Å²) in [5, 5.41) is 13.7. The second kappa shape index (κ2) is 5.83. The molecule has 4 nitrogen and oxygen atoms in total. The van der Waals surface area contributed by atoms with Gasteiger partial charge in [0.25, 0.3) is 0 Å². The number of carbonyl (C=O) groups excluding carboxylic acids is 1. The Bertz CT molecular complexity index is 562. The van der Waals surface area contributed by atoms with Gasteiger partial charge in [0.15, 0.2) is 0 Å². The van der Waals surface area contributed by atoms with Crippen LogP contribution in [0, 0.1) is 23.7 Å². The average Bonchev–Trinajstić information content (AvgIpc) is 2.95. The van der Waals surface area contributed by atoms with Crippen LogP contribution in [0.25, 0.3) is 0 Å². The molecular formula is C18H27N3OS. The van der Waals surface area contributed by atoms with Crippen molar-refractivity contribution in [3.05, 3.63) is 5.01 Å². The van der Waals surface area contributed by atoms with E-state index in [0.717, 1.165) is 30.6 Å². The molecule has 1 heterocycles. The Hall–Kier alpha value is -0.970. The Morgan fingerprint density at radius 2 is 1.83 bits per heavy atom. The Morgan fingerprint density at radius 3 is 2.39 bits per heavy atom. The molecule has 1 atom stereocenters. The van der Waals surface area contributed by atoms with E-state index in [-0.39, 0.29) is 17.2 Å².